The van der Waals surface area contributed by atoms with Crippen LogP contribution >= 0.6 is 0 Å². The number of rotatable bonds is 3. The van der Waals surface area contributed by atoms with Crippen molar-refractivity contribution in [2.75, 3.05) is 5.32 Å². The number of halogens is 3. The van der Waals surface area contributed by atoms with E-state index in [0.29, 0.717) is 5.56 Å². The first kappa shape index (κ1) is 14.8. The maximum absolute atomic E-state index is 13.5. The molecule has 1 N–H and O–H groups in total. The summed E-state index contributed by atoms with van der Waals surface area (Å²) in [5.74, 6) is -2.80. The molecule has 1 amide bonds. The van der Waals surface area contributed by atoms with E-state index in [2.05, 4.69) is 10.3 Å². The number of hydrogen-bond donors (Lipinski definition) is 1. The first-order valence-corrected chi connectivity index (χ1v) is 6.51. The van der Waals surface area contributed by atoms with Gasteiger partial charge < -0.3 is 9.73 Å². The molecule has 0 saturated carbocycles. The molecule has 0 fully saturated rings. The van der Waals surface area contributed by atoms with Crippen LogP contribution in [0.25, 0.3) is 11.3 Å². The lowest BCUT2D eigenvalue weighted by atomic mass is 10.2. The molecule has 3 aromatic rings. The standard InChI is InChI=1S/C16H9F3N2O2/c17-10-3-1-9(2-4-10)14-8-20-16(23-14)15(22)21-13-7-11(18)5-6-12(13)19/h1-8H,(H,21,22). The molecular formula is C16H9F3N2O2. The second kappa shape index (κ2) is 5.96. The van der Waals surface area contributed by atoms with Crippen molar-refractivity contribution in [2.24, 2.45) is 0 Å². The van der Waals surface area contributed by atoms with E-state index in [9.17, 15) is 18.0 Å². The molecule has 116 valence electrons. The number of aromatic nitrogens is 1. The van der Waals surface area contributed by atoms with Crippen molar-refractivity contribution >= 4 is 11.6 Å². The minimum Gasteiger partial charge on any atom is -0.432 e. The van der Waals surface area contributed by atoms with Crippen molar-refractivity contribution in [3.8, 4) is 11.3 Å². The summed E-state index contributed by atoms with van der Waals surface area (Å²) in [6.07, 6.45) is 1.28. The Morgan fingerprint density at radius 3 is 2.43 bits per heavy atom. The summed E-state index contributed by atoms with van der Waals surface area (Å²) in [6.45, 7) is 0. The smallest absolute Gasteiger partial charge is 0.311 e. The van der Waals surface area contributed by atoms with Crippen LogP contribution in [0.1, 0.15) is 10.7 Å². The third kappa shape index (κ3) is 3.23. The Morgan fingerprint density at radius 1 is 1.00 bits per heavy atom. The molecule has 1 heterocycles. The lowest BCUT2D eigenvalue weighted by Gasteiger charge is -2.04. The first-order chi connectivity index (χ1) is 11.0. The van der Waals surface area contributed by atoms with Crippen LogP contribution < -0.4 is 5.32 Å². The highest BCUT2D eigenvalue weighted by Gasteiger charge is 2.16. The van der Waals surface area contributed by atoms with Crippen molar-refractivity contribution < 1.29 is 22.4 Å². The largest absolute Gasteiger partial charge is 0.432 e. The fourth-order valence-electron chi connectivity index (χ4n) is 1.90. The topological polar surface area (TPSA) is 55.1 Å². The number of benzene rings is 2. The summed E-state index contributed by atoms with van der Waals surface area (Å²) in [6, 6.07) is 8.07. The maximum Gasteiger partial charge on any atom is 0.311 e. The fourth-order valence-corrected chi connectivity index (χ4v) is 1.90. The fraction of sp³-hybridized carbons (Fsp3) is 0. The van der Waals surface area contributed by atoms with E-state index in [1.807, 2.05) is 0 Å². The van der Waals surface area contributed by atoms with Gasteiger partial charge in [0.25, 0.3) is 5.89 Å². The SMILES string of the molecule is O=C(Nc1cc(F)ccc1F)c1ncc(-c2ccc(F)cc2)o1. The highest BCUT2D eigenvalue weighted by atomic mass is 19.1. The zero-order valence-corrected chi connectivity index (χ0v) is 11.5. The minimum absolute atomic E-state index is 0.245. The number of carbonyl (C=O) groups excluding carboxylic acids is 1. The van der Waals surface area contributed by atoms with Crippen LogP contribution in [0.3, 0.4) is 0 Å². The number of anilines is 1. The number of carbonyl (C=O) groups is 1. The Kier molecular flexibility index (Phi) is 3.84. The Morgan fingerprint density at radius 2 is 1.70 bits per heavy atom. The van der Waals surface area contributed by atoms with Gasteiger partial charge in [-0.15, -0.1) is 0 Å². The lowest BCUT2D eigenvalue weighted by Crippen LogP contribution is -2.13. The van der Waals surface area contributed by atoms with Crippen molar-refractivity contribution in [1.82, 2.24) is 4.98 Å². The average Bonchev–Trinajstić information content (AvgIpc) is 3.02. The molecule has 0 spiro atoms. The summed E-state index contributed by atoms with van der Waals surface area (Å²) in [5.41, 5.74) is 0.200. The van der Waals surface area contributed by atoms with Gasteiger partial charge in [-0.3, -0.25) is 4.79 Å². The van der Waals surface area contributed by atoms with E-state index in [1.165, 1.54) is 30.5 Å². The first-order valence-electron chi connectivity index (χ1n) is 6.51. The molecule has 3 rings (SSSR count). The van der Waals surface area contributed by atoms with E-state index >= 15 is 0 Å². The van der Waals surface area contributed by atoms with Crippen LogP contribution in [0.4, 0.5) is 18.9 Å². The lowest BCUT2D eigenvalue weighted by molar-refractivity contribution is 0.0990. The van der Waals surface area contributed by atoms with Crippen LogP contribution in [-0.4, -0.2) is 10.9 Å². The van der Waals surface area contributed by atoms with E-state index in [0.717, 1.165) is 18.2 Å². The van der Waals surface area contributed by atoms with Crippen LogP contribution in [-0.2, 0) is 0 Å². The third-order valence-corrected chi connectivity index (χ3v) is 3.01. The van der Waals surface area contributed by atoms with Crippen molar-refractivity contribution in [3.63, 3.8) is 0 Å². The molecule has 0 radical (unpaired) electrons. The van der Waals surface area contributed by atoms with Gasteiger partial charge >= 0.3 is 5.91 Å². The van der Waals surface area contributed by atoms with Crippen LogP contribution in [0, 0.1) is 17.5 Å². The van der Waals surface area contributed by atoms with Gasteiger partial charge in [-0.05, 0) is 36.4 Å². The molecule has 0 saturated heterocycles. The van der Waals surface area contributed by atoms with Crippen molar-refractivity contribution in [3.05, 3.63) is 72.0 Å². The molecular weight excluding hydrogens is 309 g/mol. The highest BCUT2D eigenvalue weighted by molar-refractivity contribution is 6.01. The molecule has 0 aliphatic rings. The van der Waals surface area contributed by atoms with Crippen LogP contribution in [0.15, 0.2) is 53.1 Å². The van der Waals surface area contributed by atoms with Crippen LogP contribution in [0.2, 0.25) is 0 Å². The Bertz CT molecular complexity index is 860. The second-order valence-corrected chi connectivity index (χ2v) is 4.61. The number of nitrogens with zero attached hydrogens (tertiary/aromatic N) is 1. The molecule has 4 nitrogen and oxygen atoms in total. The zero-order valence-electron chi connectivity index (χ0n) is 11.5. The molecule has 1 aromatic heterocycles. The quantitative estimate of drug-likeness (QED) is 0.794. The summed E-state index contributed by atoms with van der Waals surface area (Å²) in [7, 11) is 0. The number of oxazole rings is 1. The van der Waals surface area contributed by atoms with Crippen LogP contribution in [0.5, 0.6) is 0 Å². The van der Waals surface area contributed by atoms with Crippen molar-refractivity contribution in [2.45, 2.75) is 0 Å². The Balaban J connectivity index is 1.81. The predicted octanol–water partition coefficient (Wildman–Crippen LogP) is 4.01. The number of amides is 1. The number of hydrogen-bond acceptors (Lipinski definition) is 3. The molecule has 0 unspecified atom stereocenters. The molecule has 0 atom stereocenters. The van der Waals surface area contributed by atoms with E-state index in [-0.39, 0.29) is 17.3 Å². The van der Waals surface area contributed by atoms with Gasteiger partial charge in [-0.25, -0.2) is 18.2 Å². The normalized spacial score (nSPS) is 10.6. The molecule has 7 heteroatoms. The van der Waals surface area contributed by atoms with Gasteiger partial charge in [-0.2, -0.15) is 0 Å². The molecule has 0 aliphatic carbocycles. The predicted molar refractivity (Wildman–Crippen MR) is 76.2 cm³/mol. The molecule has 23 heavy (non-hydrogen) atoms. The third-order valence-electron chi connectivity index (χ3n) is 3.01. The number of nitrogens with one attached hydrogen (secondary N) is 1. The summed E-state index contributed by atoms with van der Waals surface area (Å²) in [4.78, 5) is 15.7. The molecule has 2 aromatic carbocycles. The van der Waals surface area contributed by atoms with Gasteiger partial charge in [0.2, 0.25) is 0 Å². The second-order valence-electron chi connectivity index (χ2n) is 4.61. The van der Waals surface area contributed by atoms with Gasteiger partial charge in [0.05, 0.1) is 11.9 Å². The summed E-state index contributed by atoms with van der Waals surface area (Å²) >= 11 is 0. The van der Waals surface area contributed by atoms with E-state index < -0.39 is 23.4 Å². The summed E-state index contributed by atoms with van der Waals surface area (Å²) < 4.78 is 44.7. The average molecular weight is 318 g/mol. The molecule has 0 bridgehead atoms. The Hall–Kier alpha value is -3.09. The monoisotopic (exact) mass is 318 g/mol. The maximum atomic E-state index is 13.5. The van der Waals surface area contributed by atoms with Gasteiger partial charge in [0.1, 0.15) is 17.5 Å². The van der Waals surface area contributed by atoms with Gasteiger partial charge in [0, 0.05) is 11.6 Å². The summed E-state index contributed by atoms with van der Waals surface area (Å²) in [5, 5.41) is 2.17. The van der Waals surface area contributed by atoms with E-state index in [4.69, 9.17) is 4.42 Å². The van der Waals surface area contributed by atoms with Crippen molar-refractivity contribution in [1.29, 1.82) is 0 Å². The minimum atomic E-state index is -0.831. The Labute approximate surface area is 128 Å². The highest BCUT2D eigenvalue weighted by Crippen LogP contribution is 2.22. The molecule has 0 aliphatic heterocycles. The van der Waals surface area contributed by atoms with Gasteiger partial charge in [-0.1, -0.05) is 0 Å². The van der Waals surface area contributed by atoms with E-state index in [1.54, 1.807) is 0 Å². The van der Waals surface area contributed by atoms with Gasteiger partial charge in [0.15, 0.2) is 5.76 Å². The zero-order chi connectivity index (χ0) is 16.4.